The summed E-state index contributed by atoms with van der Waals surface area (Å²) in [6, 6.07) is 10.1. The number of aliphatic carboxylic acids is 1. The summed E-state index contributed by atoms with van der Waals surface area (Å²) in [6.45, 7) is 2.62. The van der Waals surface area contributed by atoms with Crippen LogP contribution in [0.15, 0.2) is 30.3 Å². The quantitative estimate of drug-likeness (QED) is 0.835. The van der Waals surface area contributed by atoms with E-state index in [1.165, 1.54) is 10.5 Å². The number of carboxylic acid groups (broad SMARTS) is 1. The molecule has 1 aromatic rings. The van der Waals surface area contributed by atoms with Gasteiger partial charge in [-0.15, -0.1) is 0 Å². The maximum absolute atomic E-state index is 12.0. The number of hydrogen-bond donors (Lipinski definition) is 2. The summed E-state index contributed by atoms with van der Waals surface area (Å²) < 4.78 is 0. The standard InChI is InChI=1S/C15H20N2O3/c1-2-17(9-8-14(18)19)15(20)16-13-10-12(13)11-6-4-3-5-7-11/h3-7,12-13H,2,8-10H2,1H3,(H,16,20)(H,18,19). The van der Waals surface area contributed by atoms with Gasteiger partial charge < -0.3 is 15.3 Å². The smallest absolute Gasteiger partial charge is 0.317 e. The second kappa shape index (κ2) is 6.41. The average Bonchev–Trinajstić information content (AvgIpc) is 3.19. The molecule has 0 aromatic heterocycles. The van der Waals surface area contributed by atoms with E-state index in [1.807, 2.05) is 25.1 Å². The Balaban J connectivity index is 1.82. The lowest BCUT2D eigenvalue weighted by Crippen LogP contribution is -2.42. The highest BCUT2D eigenvalue weighted by molar-refractivity contribution is 5.76. The molecule has 20 heavy (non-hydrogen) atoms. The first kappa shape index (κ1) is 14.4. The van der Waals surface area contributed by atoms with E-state index in [0.29, 0.717) is 12.5 Å². The lowest BCUT2D eigenvalue weighted by atomic mass is 10.1. The Morgan fingerprint density at radius 3 is 2.65 bits per heavy atom. The zero-order chi connectivity index (χ0) is 14.5. The molecule has 0 heterocycles. The van der Waals surface area contributed by atoms with Crippen molar-refractivity contribution in [1.29, 1.82) is 0 Å². The first-order chi connectivity index (χ1) is 9.61. The number of carbonyl (C=O) groups excluding carboxylic acids is 1. The zero-order valence-electron chi connectivity index (χ0n) is 11.6. The third-order valence-electron chi connectivity index (χ3n) is 3.59. The van der Waals surface area contributed by atoms with E-state index >= 15 is 0 Å². The van der Waals surface area contributed by atoms with Crippen molar-refractivity contribution in [1.82, 2.24) is 10.2 Å². The average molecular weight is 276 g/mol. The van der Waals surface area contributed by atoms with Crippen molar-refractivity contribution in [2.75, 3.05) is 13.1 Å². The number of hydrogen-bond acceptors (Lipinski definition) is 2. The number of urea groups is 1. The van der Waals surface area contributed by atoms with Crippen molar-refractivity contribution in [2.45, 2.75) is 31.7 Å². The minimum absolute atomic E-state index is 0.0198. The fourth-order valence-corrected chi connectivity index (χ4v) is 2.31. The Morgan fingerprint density at radius 2 is 2.05 bits per heavy atom. The van der Waals surface area contributed by atoms with Gasteiger partial charge in [0.2, 0.25) is 0 Å². The third kappa shape index (κ3) is 3.73. The van der Waals surface area contributed by atoms with E-state index in [-0.39, 0.29) is 25.0 Å². The van der Waals surface area contributed by atoms with Crippen LogP contribution < -0.4 is 5.32 Å². The molecule has 1 saturated carbocycles. The highest BCUT2D eigenvalue weighted by Crippen LogP contribution is 2.40. The highest BCUT2D eigenvalue weighted by atomic mass is 16.4. The molecule has 5 heteroatoms. The van der Waals surface area contributed by atoms with Gasteiger partial charge in [-0.1, -0.05) is 30.3 Å². The molecule has 1 fully saturated rings. The largest absolute Gasteiger partial charge is 0.481 e. The molecule has 0 radical (unpaired) electrons. The van der Waals surface area contributed by atoms with Crippen LogP contribution in [0.4, 0.5) is 4.79 Å². The fraction of sp³-hybridized carbons (Fsp3) is 0.467. The Kier molecular flexibility index (Phi) is 4.61. The third-order valence-corrected chi connectivity index (χ3v) is 3.59. The molecule has 0 saturated heterocycles. The van der Waals surface area contributed by atoms with Crippen LogP contribution in [-0.2, 0) is 4.79 Å². The summed E-state index contributed by atoms with van der Waals surface area (Å²) in [5.74, 6) is -0.497. The molecule has 1 aromatic carbocycles. The van der Waals surface area contributed by atoms with Gasteiger partial charge >= 0.3 is 12.0 Å². The van der Waals surface area contributed by atoms with E-state index in [4.69, 9.17) is 5.11 Å². The first-order valence-electron chi connectivity index (χ1n) is 6.94. The molecule has 5 nitrogen and oxygen atoms in total. The molecule has 2 amide bonds. The van der Waals surface area contributed by atoms with Crippen molar-refractivity contribution in [3.63, 3.8) is 0 Å². The van der Waals surface area contributed by atoms with Crippen molar-refractivity contribution in [3.8, 4) is 0 Å². The summed E-state index contributed by atoms with van der Waals surface area (Å²) in [7, 11) is 0. The monoisotopic (exact) mass is 276 g/mol. The number of benzene rings is 1. The molecule has 1 aliphatic rings. The van der Waals surface area contributed by atoms with Gasteiger partial charge in [-0.3, -0.25) is 4.79 Å². The van der Waals surface area contributed by atoms with Crippen LogP contribution in [0.2, 0.25) is 0 Å². The normalized spacial score (nSPS) is 20.2. The maximum Gasteiger partial charge on any atom is 0.317 e. The van der Waals surface area contributed by atoms with Gasteiger partial charge in [-0.25, -0.2) is 4.79 Å². The lowest BCUT2D eigenvalue weighted by molar-refractivity contribution is -0.137. The second-order valence-corrected chi connectivity index (χ2v) is 5.03. The van der Waals surface area contributed by atoms with E-state index < -0.39 is 5.97 Å². The summed E-state index contributed by atoms with van der Waals surface area (Å²) in [5, 5.41) is 11.6. The van der Waals surface area contributed by atoms with Crippen LogP contribution in [0.25, 0.3) is 0 Å². The van der Waals surface area contributed by atoms with Crippen LogP contribution in [0.5, 0.6) is 0 Å². The first-order valence-corrected chi connectivity index (χ1v) is 6.94. The molecule has 2 unspecified atom stereocenters. The van der Waals surface area contributed by atoms with Crippen molar-refractivity contribution in [3.05, 3.63) is 35.9 Å². The molecule has 108 valence electrons. The van der Waals surface area contributed by atoms with E-state index in [2.05, 4.69) is 17.4 Å². The topological polar surface area (TPSA) is 69.6 Å². The summed E-state index contributed by atoms with van der Waals surface area (Å²) in [4.78, 5) is 24.1. The van der Waals surface area contributed by atoms with Crippen LogP contribution in [-0.4, -0.2) is 41.1 Å². The van der Waals surface area contributed by atoms with E-state index in [9.17, 15) is 9.59 Å². The zero-order valence-corrected chi connectivity index (χ0v) is 11.6. The summed E-state index contributed by atoms with van der Waals surface area (Å²) in [5.41, 5.74) is 1.24. The molecular formula is C15H20N2O3. The van der Waals surface area contributed by atoms with Crippen LogP contribution in [0, 0.1) is 0 Å². The highest BCUT2D eigenvalue weighted by Gasteiger charge is 2.39. The van der Waals surface area contributed by atoms with Gasteiger partial charge in [0.15, 0.2) is 0 Å². The van der Waals surface area contributed by atoms with Crippen molar-refractivity contribution < 1.29 is 14.7 Å². The molecule has 0 spiro atoms. The molecule has 2 atom stereocenters. The Hall–Kier alpha value is -2.04. The van der Waals surface area contributed by atoms with Crippen LogP contribution in [0.3, 0.4) is 0 Å². The summed E-state index contributed by atoms with van der Waals surface area (Å²) in [6.07, 6.45) is 0.931. The number of nitrogens with one attached hydrogen (secondary N) is 1. The van der Waals surface area contributed by atoms with Gasteiger partial charge in [0.25, 0.3) is 0 Å². The van der Waals surface area contributed by atoms with Crippen LogP contribution in [0.1, 0.15) is 31.2 Å². The molecule has 0 aliphatic heterocycles. The Labute approximate surface area is 118 Å². The second-order valence-electron chi connectivity index (χ2n) is 5.03. The number of carbonyl (C=O) groups is 2. The van der Waals surface area contributed by atoms with Crippen LogP contribution >= 0.6 is 0 Å². The SMILES string of the molecule is CCN(CCC(=O)O)C(=O)NC1CC1c1ccccc1. The number of rotatable bonds is 6. The minimum Gasteiger partial charge on any atom is -0.481 e. The number of amides is 2. The maximum atomic E-state index is 12.0. The fourth-order valence-electron chi connectivity index (χ4n) is 2.31. The Morgan fingerprint density at radius 1 is 1.35 bits per heavy atom. The van der Waals surface area contributed by atoms with Crippen molar-refractivity contribution in [2.24, 2.45) is 0 Å². The predicted molar refractivity (Wildman–Crippen MR) is 75.6 cm³/mol. The predicted octanol–water partition coefficient (Wildman–Crippen LogP) is 2.05. The molecule has 2 N–H and O–H groups in total. The number of carboxylic acids is 1. The minimum atomic E-state index is -0.884. The van der Waals surface area contributed by atoms with Gasteiger partial charge in [-0.2, -0.15) is 0 Å². The molecule has 1 aliphatic carbocycles. The van der Waals surface area contributed by atoms with E-state index in [1.54, 1.807) is 0 Å². The van der Waals surface area contributed by atoms with Crippen molar-refractivity contribution >= 4 is 12.0 Å². The Bertz CT molecular complexity index is 475. The lowest BCUT2D eigenvalue weighted by Gasteiger charge is -2.20. The van der Waals surface area contributed by atoms with Gasteiger partial charge in [0.1, 0.15) is 0 Å². The summed E-state index contributed by atoms with van der Waals surface area (Å²) >= 11 is 0. The van der Waals surface area contributed by atoms with Gasteiger partial charge in [0, 0.05) is 25.0 Å². The molecule has 2 rings (SSSR count). The van der Waals surface area contributed by atoms with Gasteiger partial charge in [-0.05, 0) is 18.9 Å². The number of nitrogens with zero attached hydrogens (tertiary/aromatic N) is 1. The molecule has 0 bridgehead atoms. The van der Waals surface area contributed by atoms with E-state index in [0.717, 1.165) is 6.42 Å². The molecular weight excluding hydrogens is 256 g/mol. The van der Waals surface area contributed by atoms with Gasteiger partial charge in [0.05, 0.1) is 6.42 Å².